The molecule has 0 aromatic rings. The molecule has 1 saturated carbocycles. The number of hydrogen-bond donors (Lipinski definition) is 2. The molecule has 0 spiro atoms. The lowest BCUT2D eigenvalue weighted by Gasteiger charge is -2.43. The van der Waals surface area contributed by atoms with Crippen LogP contribution in [-0.4, -0.2) is 47.8 Å². The Balaban J connectivity index is 1.91. The molecule has 1 saturated heterocycles. The molecule has 2 rings (SSSR count). The summed E-state index contributed by atoms with van der Waals surface area (Å²) >= 11 is 0. The van der Waals surface area contributed by atoms with Gasteiger partial charge in [0.2, 0.25) is 0 Å². The van der Waals surface area contributed by atoms with Gasteiger partial charge in [0.05, 0.1) is 6.10 Å². The second-order valence-corrected chi connectivity index (χ2v) is 6.79. The summed E-state index contributed by atoms with van der Waals surface area (Å²) in [5.41, 5.74) is 0. The number of piperidine rings is 1. The molecule has 1 aliphatic heterocycles. The average Bonchev–Trinajstić information content (AvgIpc) is 2.69. The van der Waals surface area contributed by atoms with Crippen LogP contribution in [0.15, 0.2) is 0 Å². The molecule has 4 unspecified atom stereocenters. The lowest BCUT2D eigenvalue weighted by molar-refractivity contribution is 0.0116. The van der Waals surface area contributed by atoms with Crippen LogP contribution >= 0.6 is 0 Å². The van der Waals surface area contributed by atoms with E-state index in [1.807, 2.05) is 0 Å². The maximum absolute atomic E-state index is 10.4. The molecule has 0 amide bonds. The Morgan fingerprint density at radius 1 is 1.10 bits per heavy atom. The zero-order valence-electron chi connectivity index (χ0n) is 13.5. The summed E-state index contributed by atoms with van der Waals surface area (Å²) < 4.78 is 0. The van der Waals surface area contributed by atoms with Gasteiger partial charge in [-0.15, -0.1) is 0 Å². The molecule has 4 atom stereocenters. The summed E-state index contributed by atoms with van der Waals surface area (Å²) in [4.78, 5) is 2.61. The maximum Gasteiger partial charge on any atom is 0.0695 e. The van der Waals surface area contributed by atoms with Crippen LogP contribution < -0.4 is 5.32 Å². The summed E-state index contributed by atoms with van der Waals surface area (Å²) in [7, 11) is 0. The van der Waals surface area contributed by atoms with E-state index in [4.69, 9.17) is 0 Å². The summed E-state index contributed by atoms with van der Waals surface area (Å²) in [6.07, 6.45) is 9.66. The zero-order chi connectivity index (χ0) is 14.4. The monoisotopic (exact) mass is 282 g/mol. The van der Waals surface area contributed by atoms with Crippen molar-refractivity contribution >= 4 is 0 Å². The third-order valence-corrected chi connectivity index (χ3v) is 5.36. The second kappa shape index (κ2) is 8.35. The van der Waals surface area contributed by atoms with Gasteiger partial charge in [0, 0.05) is 25.2 Å². The van der Waals surface area contributed by atoms with Crippen LogP contribution in [-0.2, 0) is 0 Å². The number of nitrogens with zero attached hydrogens (tertiary/aromatic N) is 1. The van der Waals surface area contributed by atoms with Crippen molar-refractivity contribution in [1.82, 2.24) is 10.2 Å². The van der Waals surface area contributed by atoms with Crippen molar-refractivity contribution in [2.24, 2.45) is 5.92 Å². The number of nitrogens with one attached hydrogen (secondary N) is 1. The molecule has 0 aromatic heterocycles. The Kier molecular flexibility index (Phi) is 6.79. The predicted molar refractivity (Wildman–Crippen MR) is 84.9 cm³/mol. The molecule has 20 heavy (non-hydrogen) atoms. The van der Waals surface area contributed by atoms with Gasteiger partial charge in [-0.2, -0.15) is 0 Å². The number of rotatable bonds is 5. The molecule has 3 heteroatoms. The predicted octanol–water partition coefficient (Wildman–Crippen LogP) is 2.78. The normalized spacial score (nSPS) is 36.8. The molecule has 2 aliphatic rings. The fourth-order valence-corrected chi connectivity index (χ4v) is 4.07. The number of aliphatic hydroxyl groups excluding tert-OH is 1. The summed E-state index contributed by atoms with van der Waals surface area (Å²) in [6, 6.07) is 1.12. The molecular weight excluding hydrogens is 248 g/mol. The van der Waals surface area contributed by atoms with E-state index in [9.17, 15) is 5.11 Å². The van der Waals surface area contributed by atoms with Crippen molar-refractivity contribution in [2.45, 2.75) is 83.4 Å². The highest BCUT2D eigenvalue weighted by atomic mass is 16.3. The van der Waals surface area contributed by atoms with E-state index in [0.29, 0.717) is 12.1 Å². The van der Waals surface area contributed by atoms with Gasteiger partial charge in [0.15, 0.2) is 0 Å². The third-order valence-electron chi connectivity index (χ3n) is 5.36. The van der Waals surface area contributed by atoms with Crippen LogP contribution in [0.3, 0.4) is 0 Å². The van der Waals surface area contributed by atoms with Crippen molar-refractivity contribution in [3.05, 3.63) is 0 Å². The van der Waals surface area contributed by atoms with Crippen LogP contribution in [0.5, 0.6) is 0 Å². The van der Waals surface area contributed by atoms with Gasteiger partial charge in [-0.05, 0) is 38.1 Å². The Hall–Kier alpha value is -0.120. The molecule has 2 N–H and O–H groups in total. The first kappa shape index (κ1) is 16.3. The van der Waals surface area contributed by atoms with Crippen LogP contribution in [0.25, 0.3) is 0 Å². The molecule has 2 fully saturated rings. The highest BCUT2D eigenvalue weighted by Gasteiger charge is 2.34. The largest absolute Gasteiger partial charge is 0.391 e. The standard InChI is InChI=1S/C17H34N2O/c1-3-11-18-15-10-12-19(13-14(15)4-2)16-8-6-5-7-9-17(16)20/h14-18,20H,3-13H2,1-2H3. The molecule has 0 radical (unpaired) electrons. The van der Waals surface area contributed by atoms with Crippen molar-refractivity contribution in [2.75, 3.05) is 19.6 Å². The first-order valence-corrected chi connectivity index (χ1v) is 8.91. The van der Waals surface area contributed by atoms with Crippen molar-refractivity contribution < 1.29 is 5.11 Å². The van der Waals surface area contributed by atoms with Gasteiger partial charge in [-0.25, -0.2) is 0 Å². The summed E-state index contributed by atoms with van der Waals surface area (Å²) in [6.45, 7) is 8.05. The minimum atomic E-state index is -0.0878. The molecule has 118 valence electrons. The zero-order valence-corrected chi connectivity index (χ0v) is 13.5. The van der Waals surface area contributed by atoms with Crippen LogP contribution in [0.4, 0.5) is 0 Å². The molecular formula is C17H34N2O. The Morgan fingerprint density at radius 3 is 2.65 bits per heavy atom. The molecule has 1 aliphatic carbocycles. The number of likely N-dealkylation sites (tertiary alicyclic amines) is 1. The molecule has 0 bridgehead atoms. The van der Waals surface area contributed by atoms with Gasteiger partial charge in [-0.3, -0.25) is 4.90 Å². The van der Waals surface area contributed by atoms with E-state index < -0.39 is 0 Å². The minimum Gasteiger partial charge on any atom is -0.391 e. The van der Waals surface area contributed by atoms with E-state index in [1.165, 1.54) is 58.0 Å². The quantitative estimate of drug-likeness (QED) is 0.761. The Labute approximate surface area is 125 Å². The Bertz CT molecular complexity index is 272. The lowest BCUT2D eigenvalue weighted by atomic mass is 9.87. The Morgan fingerprint density at radius 2 is 1.90 bits per heavy atom. The third kappa shape index (κ3) is 4.19. The van der Waals surface area contributed by atoms with Crippen molar-refractivity contribution in [3.8, 4) is 0 Å². The minimum absolute atomic E-state index is 0.0878. The number of aliphatic hydroxyl groups is 1. The van der Waals surface area contributed by atoms with Crippen molar-refractivity contribution in [1.29, 1.82) is 0 Å². The maximum atomic E-state index is 10.4. The first-order valence-electron chi connectivity index (χ1n) is 8.91. The average molecular weight is 282 g/mol. The smallest absolute Gasteiger partial charge is 0.0695 e. The fourth-order valence-electron chi connectivity index (χ4n) is 4.07. The van der Waals surface area contributed by atoms with E-state index in [-0.39, 0.29) is 6.10 Å². The van der Waals surface area contributed by atoms with Gasteiger partial charge >= 0.3 is 0 Å². The van der Waals surface area contributed by atoms with E-state index in [1.54, 1.807) is 0 Å². The van der Waals surface area contributed by atoms with Crippen LogP contribution in [0, 0.1) is 5.92 Å². The van der Waals surface area contributed by atoms with Gasteiger partial charge in [0.1, 0.15) is 0 Å². The highest BCUT2D eigenvalue weighted by molar-refractivity contribution is 4.90. The van der Waals surface area contributed by atoms with E-state index in [2.05, 4.69) is 24.1 Å². The molecule has 1 heterocycles. The van der Waals surface area contributed by atoms with E-state index >= 15 is 0 Å². The van der Waals surface area contributed by atoms with Gasteiger partial charge in [-0.1, -0.05) is 39.5 Å². The molecule has 0 aromatic carbocycles. The van der Waals surface area contributed by atoms with Crippen molar-refractivity contribution in [3.63, 3.8) is 0 Å². The van der Waals surface area contributed by atoms with Crippen LogP contribution in [0.1, 0.15) is 65.2 Å². The lowest BCUT2D eigenvalue weighted by Crippen LogP contribution is -2.54. The highest BCUT2D eigenvalue weighted by Crippen LogP contribution is 2.28. The SMILES string of the molecule is CCCNC1CCN(C2CCCCCC2O)CC1CC. The summed E-state index contributed by atoms with van der Waals surface area (Å²) in [5.74, 6) is 0.755. The summed E-state index contributed by atoms with van der Waals surface area (Å²) in [5, 5.41) is 14.1. The topological polar surface area (TPSA) is 35.5 Å². The first-order chi connectivity index (χ1) is 9.76. The number of hydrogen-bond acceptors (Lipinski definition) is 3. The van der Waals surface area contributed by atoms with E-state index in [0.717, 1.165) is 18.9 Å². The molecule has 3 nitrogen and oxygen atoms in total. The van der Waals surface area contributed by atoms with Crippen LogP contribution in [0.2, 0.25) is 0 Å². The second-order valence-electron chi connectivity index (χ2n) is 6.79. The van der Waals surface area contributed by atoms with Gasteiger partial charge < -0.3 is 10.4 Å². The van der Waals surface area contributed by atoms with Gasteiger partial charge in [0.25, 0.3) is 0 Å². The fraction of sp³-hybridized carbons (Fsp3) is 1.00.